The number of hydrogen-bond donors (Lipinski definition) is 1. The zero-order chi connectivity index (χ0) is 19.2. The lowest BCUT2D eigenvalue weighted by Crippen LogP contribution is -2.28. The van der Waals surface area contributed by atoms with Crippen molar-refractivity contribution >= 4 is 17.2 Å². The second kappa shape index (κ2) is 6.40. The largest absolute Gasteiger partial charge is 0.416 e. The van der Waals surface area contributed by atoms with E-state index in [1.54, 1.807) is 0 Å². The Bertz CT molecular complexity index is 1020. The molecule has 0 radical (unpaired) electrons. The number of anilines is 1. The highest BCUT2D eigenvalue weighted by Crippen LogP contribution is 2.31. The first-order valence-electron chi connectivity index (χ1n) is 8.76. The molecule has 1 amide bonds. The van der Waals surface area contributed by atoms with Gasteiger partial charge in [-0.1, -0.05) is 6.07 Å². The Kier molecular flexibility index (Phi) is 4.17. The number of aromatic nitrogens is 2. The van der Waals surface area contributed by atoms with Gasteiger partial charge in [-0.3, -0.25) is 4.79 Å². The molecule has 0 bridgehead atoms. The molecule has 2 aromatic heterocycles. The van der Waals surface area contributed by atoms with Gasteiger partial charge in [-0.2, -0.15) is 13.2 Å². The molecule has 4 rings (SSSR count). The zero-order valence-corrected chi connectivity index (χ0v) is 14.7. The van der Waals surface area contributed by atoms with E-state index in [2.05, 4.69) is 10.3 Å². The number of carbonyl (C=O) groups excluding carboxylic acids is 1. The summed E-state index contributed by atoms with van der Waals surface area (Å²) >= 11 is 0. The molecule has 1 atom stereocenters. The highest BCUT2D eigenvalue weighted by Gasteiger charge is 2.31. The number of alkyl halides is 3. The van der Waals surface area contributed by atoms with Gasteiger partial charge in [-0.25, -0.2) is 4.98 Å². The molecule has 0 aliphatic heterocycles. The van der Waals surface area contributed by atoms with Gasteiger partial charge >= 0.3 is 6.18 Å². The van der Waals surface area contributed by atoms with E-state index < -0.39 is 11.7 Å². The molecule has 1 N–H and O–H groups in total. The third-order valence-electron chi connectivity index (χ3n) is 4.96. The van der Waals surface area contributed by atoms with E-state index in [0.717, 1.165) is 34.7 Å². The molecule has 0 saturated carbocycles. The number of pyridine rings is 1. The lowest BCUT2D eigenvalue weighted by atomic mass is 9.89. The number of aryl methyl sites for hydroxylation is 2. The summed E-state index contributed by atoms with van der Waals surface area (Å²) in [7, 11) is 0. The van der Waals surface area contributed by atoms with Crippen molar-refractivity contribution in [1.29, 1.82) is 0 Å². The number of hydrogen-bond acceptors (Lipinski definition) is 2. The van der Waals surface area contributed by atoms with Crippen molar-refractivity contribution in [2.45, 2.75) is 32.4 Å². The molecule has 4 nitrogen and oxygen atoms in total. The van der Waals surface area contributed by atoms with Crippen LogP contribution in [0, 0.1) is 12.8 Å². The van der Waals surface area contributed by atoms with Gasteiger partial charge in [0.15, 0.2) is 0 Å². The average molecular weight is 373 g/mol. The van der Waals surface area contributed by atoms with Crippen molar-refractivity contribution in [3.8, 4) is 0 Å². The molecule has 2 heterocycles. The van der Waals surface area contributed by atoms with E-state index in [9.17, 15) is 18.0 Å². The van der Waals surface area contributed by atoms with E-state index >= 15 is 0 Å². The Hall–Kier alpha value is -2.83. The average Bonchev–Trinajstić information content (AvgIpc) is 2.97. The van der Waals surface area contributed by atoms with E-state index in [4.69, 9.17) is 0 Å². The summed E-state index contributed by atoms with van der Waals surface area (Å²) < 4.78 is 40.5. The zero-order valence-electron chi connectivity index (χ0n) is 14.7. The van der Waals surface area contributed by atoms with Gasteiger partial charge in [-0.15, -0.1) is 0 Å². The second-order valence-corrected chi connectivity index (χ2v) is 6.95. The molecule has 1 aromatic carbocycles. The second-order valence-electron chi connectivity index (χ2n) is 6.95. The van der Waals surface area contributed by atoms with Gasteiger partial charge < -0.3 is 9.72 Å². The fourth-order valence-corrected chi connectivity index (χ4v) is 3.55. The number of nitrogens with one attached hydrogen (secondary N) is 1. The van der Waals surface area contributed by atoms with Gasteiger partial charge in [0.25, 0.3) is 0 Å². The summed E-state index contributed by atoms with van der Waals surface area (Å²) in [6.45, 7) is 2.00. The summed E-state index contributed by atoms with van der Waals surface area (Å²) in [5.41, 5.74) is 3.35. The third-order valence-corrected chi connectivity index (χ3v) is 4.96. The van der Waals surface area contributed by atoms with Gasteiger partial charge in [-0.05, 0) is 55.7 Å². The summed E-state index contributed by atoms with van der Waals surface area (Å²) in [4.78, 5) is 17.3. The Morgan fingerprint density at radius 1 is 1.26 bits per heavy atom. The molecular formula is C20H18F3N3O. The van der Waals surface area contributed by atoms with Gasteiger partial charge in [0, 0.05) is 29.9 Å². The van der Waals surface area contributed by atoms with Crippen LogP contribution in [0.15, 0.2) is 42.6 Å². The van der Waals surface area contributed by atoms with Crippen LogP contribution in [0.3, 0.4) is 0 Å². The molecule has 27 heavy (non-hydrogen) atoms. The van der Waals surface area contributed by atoms with Crippen molar-refractivity contribution in [3.63, 3.8) is 0 Å². The Morgan fingerprint density at radius 3 is 2.85 bits per heavy atom. The Balaban J connectivity index is 1.54. The van der Waals surface area contributed by atoms with Crippen LogP contribution in [0.1, 0.15) is 28.9 Å². The highest BCUT2D eigenvalue weighted by molar-refractivity contribution is 5.93. The third kappa shape index (κ3) is 3.41. The summed E-state index contributed by atoms with van der Waals surface area (Å²) in [6.07, 6.45) is -0.666. The molecule has 0 spiro atoms. The number of amides is 1. The van der Waals surface area contributed by atoms with Crippen molar-refractivity contribution < 1.29 is 18.0 Å². The fraction of sp³-hybridized carbons (Fsp3) is 0.300. The minimum absolute atomic E-state index is 0.161. The number of nitrogens with zero attached hydrogens (tertiary/aromatic N) is 2. The standard InChI is InChI=1S/C20H18F3N3O/c1-12-7-8-26-17-10-13(5-6-16(17)25-18(26)9-12)19(27)24-15-4-2-3-14(11-15)20(21,22)23/h2-4,7-9,11,13H,5-6,10H2,1H3,(H,24,27). The van der Waals surface area contributed by atoms with E-state index in [-0.39, 0.29) is 17.5 Å². The maximum Gasteiger partial charge on any atom is 0.416 e. The molecule has 0 saturated heterocycles. The van der Waals surface area contributed by atoms with Crippen molar-refractivity contribution in [1.82, 2.24) is 9.38 Å². The molecule has 0 fully saturated rings. The predicted octanol–water partition coefficient (Wildman–Crippen LogP) is 4.41. The fourth-order valence-electron chi connectivity index (χ4n) is 3.55. The highest BCUT2D eigenvalue weighted by atomic mass is 19.4. The minimum atomic E-state index is -4.44. The molecule has 1 aliphatic carbocycles. The van der Waals surface area contributed by atoms with Gasteiger partial charge in [0.1, 0.15) is 5.65 Å². The van der Waals surface area contributed by atoms with Crippen LogP contribution in [-0.2, 0) is 23.8 Å². The van der Waals surface area contributed by atoms with Gasteiger partial charge in [0.2, 0.25) is 5.91 Å². The van der Waals surface area contributed by atoms with E-state index in [1.807, 2.05) is 29.7 Å². The smallest absolute Gasteiger partial charge is 0.326 e. The summed E-state index contributed by atoms with van der Waals surface area (Å²) in [5, 5.41) is 2.64. The van der Waals surface area contributed by atoms with Crippen LogP contribution in [-0.4, -0.2) is 15.3 Å². The van der Waals surface area contributed by atoms with E-state index in [0.29, 0.717) is 19.3 Å². The SMILES string of the molecule is Cc1ccn2c3c(nc2c1)CCC(C(=O)Nc1cccc(C(F)(F)F)c1)C3. The van der Waals surface area contributed by atoms with Crippen LogP contribution in [0.4, 0.5) is 18.9 Å². The maximum atomic E-state index is 12.8. The van der Waals surface area contributed by atoms with Crippen molar-refractivity contribution in [2.24, 2.45) is 5.92 Å². The number of fused-ring (bicyclic) bond motifs is 3. The molecule has 140 valence electrons. The molecule has 3 aromatic rings. The molecule has 1 unspecified atom stereocenters. The lowest BCUT2D eigenvalue weighted by Gasteiger charge is -2.21. The quantitative estimate of drug-likeness (QED) is 0.724. The van der Waals surface area contributed by atoms with Crippen LogP contribution in [0.2, 0.25) is 0 Å². The van der Waals surface area contributed by atoms with E-state index in [1.165, 1.54) is 12.1 Å². The first-order chi connectivity index (χ1) is 12.8. The summed E-state index contributed by atoms with van der Waals surface area (Å²) in [6, 6.07) is 8.70. The lowest BCUT2D eigenvalue weighted by molar-refractivity contribution is -0.137. The monoisotopic (exact) mass is 373 g/mol. The molecule has 7 heteroatoms. The maximum absolute atomic E-state index is 12.8. The number of imidazole rings is 1. The van der Waals surface area contributed by atoms with Crippen molar-refractivity contribution in [2.75, 3.05) is 5.32 Å². The summed E-state index contributed by atoms with van der Waals surface area (Å²) in [5.74, 6) is -0.560. The molecule has 1 aliphatic rings. The Morgan fingerprint density at radius 2 is 2.07 bits per heavy atom. The number of halogens is 3. The first kappa shape index (κ1) is 17.6. The van der Waals surface area contributed by atoms with Crippen molar-refractivity contribution in [3.05, 3.63) is 65.1 Å². The Labute approximate surface area is 154 Å². The molecular weight excluding hydrogens is 355 g/mol. The van der Waals surface area contributed by atoms with Crippen LogP contribution >= 0.6 is 0 Å². The first-order valence-corrected chi connectivity index (χ1v) is 8.76. The van der Waals surface area contributed by atoms with Crippen LogP contribution < -0.4 is 5.32 Å². The predicted molar refractivity (Wildman–Crippen MR) is 95.5 cm³/mol. The van der Waals surface area contributed by atoms with Crippen LogP contribution in [0.25, 0.3) is 5.65 Å². The number of benzene rings is 1. The minimum Gasteiger partial charge on any atom is -0.326 e. The number of rotatable bonds is 2. The topological polar surface area (TPSA) is 46.4 Å². The normalized spacial score (nSPS) is 17.0. The number of carbonyl (C=O) groups is 1. The van der Waals surface area contributed by atoms with Gasteiger partial charge in [0.05, 0.1) is 11.3 Å². The van der Waals surface area contributed by atoms with Crippen LogP contribution in [0.5, 0.6) is 0 Å².